The van der Waals surface area contributed by atoms with Gasteiger partial charge in [-0.25, -0.2) is 14.0 Å². The number of carbonyl (C=O) groups is 1. The van der Waals surface area contributed by atoms with Crippen molar-refractivity contribution in [1.29, 1.82) is 0 Å². The zero-order chi connectivity index (χ0) is 13.1. The van der Waals surface area contributed by atoms with E-state index in [1.54, 1.807) is 20.8 Å². The number of nitrogens with one attached hydrogen (secondary N) is 1. The maximum atomic E-state index is 11.4. The second kappa shape index (κ2) is 5.24. The van der Waals surface area contributed by atoms with Crippen LogP contribution in [0.3, 0.4) is 0 Å². The molecule has 1 rings (SSSR count). The van der Waals surface area contributed by atoms with Crippen LogP contribution in [0.15, 0.2) is 23.2 Å². The Balaban J connectivity index is 2.82. The first-order valence-corrected chi connectivity index (χ1v) is 5.96. The van der Waals surface area contributed by atoms with E-state index in [0.717, 1.165) is 0 Å². The molecule has 0 aliphatic rings. The van der Waals surface area contributed by atoms with Gasteiger partial charge in [0.15, 0.2) is 16.9 Å². The first-order chi connectivity index (χ1) is 7.79. The molecule has 0 aliphatic heterocycles. The van der Waals surface area contributed by atoms with Crippen LogP contribution in [-0.2, 0) is 15.8 Å². The van der Waals surface area contributed by atoms with E-state index < -0.39 is 22.8 Å². The van der Waals surface area contributed by atoms with Gasteiger partial charge in [0.1, 0.15) is 10.5 Å². The van der Waals surface area contributed by atoms with Crippen LogP contribution in [0.25, 0.3) is 0 Å². The Morgan fingerprint density at radius 2 is 2.18 bits per heavy atom. The quantitative estimate of drug-likeness (QED) is 0.792. The number of pyridine rings is 1. The van der Waals surface area contributed by atoms with E-state index >= 15 is 0 Å². The zero-order valence-corrected chi connectivity index (χ0v) is 10.6. The van der Waals surface area contributed by atoms with E-state index in [1.807, 2.05) is 0 Å². The smallest absolute Gasteiger partial charge is 0.413 e. The van der Waals surface area contributed by atoms with Crippen LogP contribution in [0.2, 0.25) is 0 Å². The molecule has 0 aromatic carbocycles. The van der Waals surface area contributed by atoms with Gasteiger partial charge in [-0.1, -0.05) is 0 Å². The second-order valence-corrected chi connectivity index (χ2v) is 5.16. The van der Waals surface area contributed by atoms with E-state index in [0.29, 0.717) is 0 Å². The molecule has 0 spiro atoms. The van der Waals surface area contributed by atoms with Crippen LogP contribution >= 0.6 is 0 Å². The molecule has 1 aromatic heterocycles. The van der Waals surface area contributed by atoms with Crippen LogP contribution in [0.5, 0.6) is 0 Å². The van der Waals surface area contributed by atoms with Crippen molar-refractivity contribution in [2.24, 2.45) is 0 Å². The van der Waals surface area contributed by atoms with Crippen LogP contribution < -0.4 is 5.32 Å². The number of ether oxygens (including phenoxy) is 1. The van der Waals surface area contributed by atoms with Crippen LogP contribution in [0, 0.1) is 0 Å². The molecule has 7 heteroatoms. The van der Waals surface area contributed by atoms with Gasteiger partial charge < -0.3 is 9.29 Å². The molecule has 0 saturated carbocycles. The standard InChI is InChI=1S/C10H14N2O4S/c1-10(2,3)16-9(13)12-8-7(17(14)15)5-4-6-11-8/h4-6H,1-3H3,(H,14,15)(H,11,12,13). The molecular weight excluding hydrogens is 244 g/mol. The van der Waals surface area contributed by atoms with Crippen molar-refractivity contribution in [3.05, 3.63) is 18.3 Å². The molecule has 17 heavy (non-hydrogen) atoms. The topological polar surface area (TPSA) is 88.5 Å². The lowest BCUT2D eigenvalue weighted by Gasteiger charge is -2.19. The molecule has 0 bridgehead atoms. The number of carbonyl (C=O) groups excluding carboxylic acids is 1. The van der Waals surface area contributed by atoms with Crippen molar-refractivity contribution in [3.8, 4) is 0 Å². The lowest BCUT2D eigenvalue weighted by molar-refractivity contribution is 0.0635. The summed E-state index contributed by atoms with van der Waals surface area (Å²) in [5, 5.41) is 2.32. The summed E-state index contributed by atoms with van der Waals surface area (Å²) in [6.07, 6.45) is 0.686. The molecule has 6 nitrogen and oxygen atoms in total. The maximum Gasteiger partial charge on any atom is 0.413 e. The molecule has 1 aromatic rings. The van der Waals surface area contributed by atoms with Crippen molar-refractivity contribution in [2.75, 3.05) is 5.32 Å². The summed E-state index contributed by atoms with van der Waals surface area (Å²) in [5.41, 5.74) is -0.641. The van der Waals surface area contributed by atoms with Gasteiger partial charge in [0.2, 0.25) is 0 Å². The van der Waals surface area contributed by atoms with E-state index in [1.165, 1.54) is 18.3 Å². The number of amides is 1. The third-order valence-electron chi connectivity index (χ3n) is 1.58. The van der Waals surface area contributed by atoms with Gasteiger partial charge in [0.05, 0.1) is 0 Å². The van der Waals surface area contributed by atoms with E-state index in [-0.39, 0.29) is 10.7 Å². The normalized spacial score (nSPS) is 12.9. The molecule has 2 N–H and O–H groups in total. The average molecular weight is 258 g/mol. The Bertz CT molecular complexity index is 442. The van der Waals surface area contributed by atoms with Crippen LogP contribution in [0.4, 0.5) is 10.6 Å². The molecular formula is C10H14N2O4S. The van der Waals surface area contributed by atoms with Gasteiger partial charge >= 0.3 is 6.09 Å². The number of rotatable bonds is 2. The van der Waals surface area contributed by atoms with Crippen molar-refractivity contribution < 1.29 is 18.3 Å². The minimum Gasteiger partial charge on any atom is -0.444 e. The fourth-order valence-corrected chi connectivity index (χ4v) is 1.49. The molecule has 1 unspecified atom stereocenters. The lowest BCUT2D eigenvalue weighted by atomic mass is 10.2. The summed E-state index contributed by atoms with van der Waals surface area (Å²) in [6, 6.07) is 2.90. The van der Waals surface area contributed by atoms with Gasteiger partial charge in [-0.2, -0.15) is 0 Å². The summed E-state index contributed by atoms with van der Waals surface area (Å²) < 4.78 is 25.0. The highest BCUT2D eigenvalue weighted by Crippen LogP contribution is 2.16. The summed E-state index contributed by atoms with van der Waals surface area (Å²) in [7, 11) is 0. The molecule has 1 heterocycles. The van der Waals surface area contributed by atoms with Crippen molar-refractivity contribution in [1.82, 2.24) is 4.98 Å². The Labute approximate surface area is 102 Å². The largest absolute Gasteiger partial charge is 0.444 e. The highest BCUT2D eigenvalue weighted by molar-refractivity contribution is 7.79. The average Bonchev–Trinajstić information content (AvgIpc) is 2.14. The first-order valence-electron chi connectivity index (χ1n) is 4.85. The Morgan fingerprint density at radius 3 is 2.71 bits per heavy atom. The summed E-state index contributed by atoms with van der Waals surface area (Å²) in [4.78, 5) is 15.3. The maximum absolute atomic E-state index is 11.4. The van der Waals surface area contributed by atoms with Crippen molar-refractivity contribution in [2.45, 2.75) is 31.3 Å². The summed E-state index contributed by atoms with van der Waals surface area (Å²) >= 11 is -2.21. The zero-order valence-electron chi connectivity index (χ0n) is 9.76. The Morgan fingerprint density at radius 1 is 1.53 bits per heavy atom. The Kier molecular flexibility index (Phi) is 4.19. The third-order valence-corrected chi connectivity index (χ3v) is 2.28. The number of aromatic nitrogens is 1. The predicted octanol–water partition coefficient (Wildman–Crippen LogP) is 2.01. The molecule has 0 fully saturated rings. The third kappa shape index (κ3) is 4.49. The number of nitrogens with zero attached hydrogens (tertiary/aromatic N) is 1. The summed E-state index contributed by atoms with van der Waals surface area (Å²) in [6.45, 7) is 5.16. The number of hydrogen-bond acceptors (Lipinski definition) is 4. The van der Waals surface area contributed by atoms with Crippen LogP contribution in [0.1, 0.15) is 20.8 Å². The van der Waals surface area contributed by atoms with Crippen molar-refractivity contribution >= 4 is 23.0 Å². The lowest BCUT2D eigenvalue weighted by Crippen LogP contribution is -2.27. The fraction of sp³-hybridized carbons (Fsp3) is 0.400. The van der Waals surface area contributed by atoms with Gasteiger partial charge in [-0.15, -0.1) is 0 Å². The van der Waals surface area contributed by atoms with Gasteiger partial charge in [0, 0.05) is 6.20 Å². The predicted molar refractivity (Wildman–Crippen MR) is 63.1 cm³/mol. The molecule has 0 radical (unpaired) electrons. The number of anilines is 1. The molecule has 0 aliphatic carbocycles. The highest BCUT2D eigenvalue weighted by Gasteiger charge is 2.18. The number of hydrogen-bond donors (Lipinski definition) is 2. The van der Waals surface area contributed by atoms with Crippen LogP contribution in [-0.4, -0.2) is 25.4 Å². The molecule has 0 saturated heterocycles. The second-order valence-electron chi connectivity index (χ2n) is 4.23. The van der Waals surface area contributed by atoms with E-state index in [2.05, 4.69) is 10.3 Å². The first kappa shape index (κ1) is 13.6. The van der Waals surface area contributed by atoms with E-state index in [9.17, 15) is 9.00 Å². The SMILES string of the molecule is CC(C)(C)OC(=O)Nc1ncccc1S(=O)O. The minimum absolute atomic E-state index is 0.0163. The van der Waals surface area contributed by atoms with E-state index in [4.69, 9.17) is 9.29 Å². The molecule has 1 atom stereocenters. The highest BCUT2D eigenvalue weighted by atomic mass is 32.2. The Hall–Kier alpha value is -1.47. The van der Waals surface area contributed by atoms with Gasteiger partial charge in [-0.05, 0) is 32.9 Å². The fourth-order valence-electron chi connectivity index (χ4n) is 1.03. The summed E-state index contributed by atoms with van der Waals surface area (Å²) in [5.74, 6) is 0.0163. The van der Waals surface area contributed by atoms with Gasteiger partial charge in [-0.3, -0.25) is 5.32 Å². The van der Waals surface area contributed by atoms with Gasteiger partial charge in [0.25, 0.3) is 0 Å². The monoisotopic (exact) mass is 258 g/mol. The van der Waals surface area contributed by atoms with Crippen molar-refractivity contribution in [3.63, 3.8) is 0 Å². The molecule has 94 valence electrons. The minimum atomic E-state index is -2.21. The molecule has 1 amide bonds.